The first-order valence-electron chi connectivity index (χ1n) is 9.22. The molecule has 1 aromatic heterocycles. The maximum Gasteiger partial charge on any atom is 0.228 e. The molecule has 0 radical (unpaired) electrons. The largest absolute Gasteiger partial charge is 0.342 e. The Kier molecular flexibility index (Phi) is 5.69. The van der Waals surface area contributed by atoms with Crippen LogP contribution in [0.25, 0.3) is 10.6 Å². The van der Waals surface area contributed by atoms with E-state index in [9.17, 15) is 4.79 Å². The highest BCUT2D eigenvalue weighted by molar-refractivity contribution is 9.10. The molecule has 3 aromatic rings. The number of piperidine rings is 1. The first-order valence-corrected chi connectivity index (χ1v) is 10.9. The lowest BCUT2D eigenvalue weighted by atomic mass is 9.89. The van der Waals surface area contributed by atoms with E-state index >= 15 is 0 Å². The number of aromatic nitrogens is 1. The summed E-state index contributed by atoms with van der Waals surface area (Å²) < 4.78 is 1.04. The second-order valence-corrected chi connectivity index (χ2v) is 8.67. The number of carbonyl (C=O) groups is 1. The van der Waals surface area contributed by atoms with Crippen molar-refractivity contribution in [2.24, 2.45) is 0 Å². The molecule has 2 aromatic carbocycles. The molecule has 1 amide bonds. The Morgan fingerprint density at radius 2 is 1.89 bits per heavy atom. The van der Waals surface area contributed by atoms with Gasteiger partial charge in [-0.05, 0) is 36.5 Å². The standard InChI is InChI=1S/C22H21BrN2OS/c23-19-8-4-7-18(13-19)22-24-20(15-27-22)14-21(26)25-11-9-17(10-12-25)16-5-2-1-3-6-16/h1-8,13,15,17H,9-12,14H2. The van der Waals surface area contributed by atoms with Crippen LogP contribution in [0.15, 0.2) is 64.5 Å². The predicted molar refractivity (Wildman–Crippen MR) is 114 cm³/mol. The van der Waals surface area contributed by atoms with E-state index < -0.39 is 0 Å². The zero-order valence-electron chi connectivity index (χ0n) is 15.0. The summed E-state index contributed by atoms with van der Waals surface area (Å²) in [5, 5.41) is 2.96. The zero-order chi connectivity index (χ0) is 18.6. The Labute approximate surface area is 172 Å². The van der Waals surface area contributed by atoms with Crippen molar-refractivity contribution in [3.8, 4) is 10.6 Å². The third kappa shape index (κ3) is 4.47. The Balaban J connectivity index is 1.35. The van der Waals surface area contributed by atoms with Crippen LogP contribution in [0.5, 0.6) is 0 Å². The summed E-state index contributed by atoms with van der Waals surface area (Å²) in [4.78, 5) is 19.4. The lowest BCUT2D eigenvalue weighted by molar-refractivity contribution is -0.131. The number of amides is 1. The molecular weight excluding hydrogens is 420 g/mol. The van der Waals surface area contributed by atoms with E-state index in [0.717, 1.165) is 46.7 Å². The Hall–Kier alpha value is -1.98. The van der Waals surface area contributed by atoms with Gasteiger partial charge < -0.3 is 4.90 Å². The molecule has 0 atom stereocenters. The second kappa shape index (κ2) is 8.36. The van der Waals surface area contributed by atoms with Gasteiger partial charge in [-0.3, -0.25) is 4.79 Å². The maximum atomic E-state index is 12.7. The average molecular weight is 441 g/mol. The Bertz CT molecular complexity index is 917. The summed E-state index contributed by atoms with van der Waals surface area (Å²) in [7, 11) is 0. The fourth-order valence-corrected chi connectivity index (χ4v) is 4.81. The van der Waals surface area contributed by atoms with Gasteiger partial charge in [0.15, 0.2) is 0 Å². The first-order chi connectivity index (χ1) is 13.2. The van der Waals surface area contributed by atoms with Crippen molar-refractivity contribution in [1.29, 1.82) is 0 Å². The SMILES string of the molecule is O=C(Cc1csc(-c2cccc(Br)c2)n1)N1CCC(c2ccccc2)CC1. The summed E-state index contributed by atoms with van der Waals surface area (Å²) in [6.45, 7) is 1.67. The van der Waals surface area contributed by atoms with Gasteiger partial charge in [0.1, 0.15) is 5.01 Å². The van der Waals surface area contributed by atoms with Gasteiger partial charge in [0, 0.05) is 28.5 Å². The lowest BCUT2D eigenvalue weighted by Gasteiger charge is -2.32. The number of thiazole rings is 1. The number of carbonyl (C=O) groups excluding carboxylic acids is 1. The summed E-state index contributed by atoms with van der Waals surface area (Å²) in [5.74, 6) is 0.755. The summed E-state index contributed by atoms with van der Waals surface area (Å²) >= 11 is 5.09. The van der Waals surface area contributed by atoms with E-state index in [1.54, 1.807) is 11.3 Å². The molecule has 0 saturated carbocycles. The van der Waals surface area contributed by atoms with E-state index in [0.29, 0.717) is 12.3 Å². The molecule has 3 nitrogen and oxygen atoms in total. The molecule has 27 heavy (non-hydrogen) atoms. The molecule has 0 aliphatic carbocycles. The zero-order valence-corrected chi connectivity index (χ0v) is 17.4. The van der Waals surface area contributed by atoms with Gasteiger partial charge >= 0.3 is 0 Å². The minimum Gasteiger partial charge on any atom is -0.342 e. The topological polar surface area (TPSA) is 33.2 Å². The number of benzene rings is 2. The molecule has 1 saturated heterocycles. The molecule has 4 rings (SSSR count). The fourth-order valence-electron chi connectivity index (χ4n) is 3.60. The molecule has 2 heterocycles. The maximum absolute atomic E-state index is 12.7. The Morgan fingerprint density at radius 1 is 1.11 bits per heavy atom. The number of hydrogen-bond acceptors (Lipinski definition) is 3. The molecule has 1 fully saturated rings. The van der Waals surface area contributed by atoms with Crippen molar-refractivity contribution in [3.05, 3.63) is 75.7 Å². The molecule has 0 spiro atoms. The summed E-state index contributed by atoms with van der Waals surface area (Å²) in [6.07, 6.45) is 2.47. The van der Waals surface area contributed by atoms with Gasteiger partial charge in [0.2, 0.25) is 5.91 Å². The highest BCUT2D eigenvalue weighted by Crippen LogP contribution is 2.29. The molecule has 1 aliphatic rings. The van der Waals surface area contributed by atoms with Crippen LogP contribution < -0.4 is 0 Å². The summed E-state index contributed by atoms with van der Waals surface area (Å²) in [6, 6.07) is 18.7. The summed E-state index contributed by atoms with van der Waals surface area (Å²) in [5.41, 5.74) is 3.34. The van der Waals surface area contributed by atoms with E-state index in [-0.39, 0.29) is 5.91 Å². The van der Waals surface area contributed by atoms with Crippen LogP contribution in [-0.4, -0.2) is 28.9 Å². The van der Waals surface area contributed by atoms with Crippen LogP contribution in [0.4, 0.5) is 0 Å². The highest BCUT2D eigenvalue weighted by atomic mass is 79.9. The lowest BCUT2D eigenvalue weighted by Crippen LogP contribution is -2.38. The average Bonchev–Trinajstić information content (AvgIpc) is 3.17. The van der Waals surface area contributed by atoms with Crippen molar-refractivity contribution in [2.75, 3.05) is 13.1 Å². The molecule has 0 unspecified atom stereocenters. The van der Waals surface area contributed by atoms with Crippen LogP contribution in [0.2, 0.25) is 0 Å². The minimum atomic E-state index is 0.188. The molecule has 0 N–H and O–H groups in total. The number of likely N-dealkylation sites (tertiary alicyclic amines) is 1. The van der Waals surface area contributed by atoms with Gasteiger partial charge in [-0.2, -0.15) is 0 Å². The monoisotopic (exact) mass is 440 g/mol. The van der Waals surface area contributed by atoms with Gasteiger partial charge in [0.05, 0.1) is 12.1 Å². The van der Waals surface area contributed by atoms with Crippen molar-refractivity contribution < 1.29 is 4.79 Å². The smallest absolute Gasteiger partial charge is 0.228 e. The van der Waals surface area contributed by atoms with Gasteiger partial charge in [-0.25, -0.2) is 4.98 Å². The third-order valence-electron chi connectivity index (χ3n) is 5.07. The van der Waals surface area contributed by atoms with Crippen molar-refractivity contribution in [1.82, 2.24) is 9.88 Å². The van der Waals surface area contributed by atoms with E-state index in [2.05, 4.69) is 57.3 Å². The van der Waals surface area contributed by atoms with E-state index in [1.165, 1.54) is 5.56 Å². The normalized spacial score (nSPS) is 15.1. The molecule has 138 valence electrons. The number of rotatable bonds is 4. The van der Waals surface area contributed by atoms with Crippen molar-refractivity contribution in [2.45, 2.75) is 25.2 Å². The van der Waals surface area contributed by atoms with Crippen LogP contribution in [0.3, 0.4) is 0 Å². The van der Waals surface area contributed by atoms with Gasteiger partial charge in [-0.15, -0.1) is 11.3 Å². The number of halogens is 1. The van der Waals surface area contributed by atoms with Gasteiger partial charge in [0.25, 0.3) is 0 Å². The Morgan fingerprint density at radius 3 is 2.63 bits per heavy atom. The van der Waals surface area contributed by atoms with E-state index in [4.69, 9.17) is 0 Å². The van der Waals surface area contributed by atoms with Crippen molar-refractivity contribution in [3.63, 3.8) is 0 Å². The quantitative estimate of drug-likeness (QED) is 0.534. The second-order valence-electron chi connectivity index (χ2n) is 6.90. The predicted octanol–water partition coefficient (Wildman–Crippen LogP) is 5.52. The van der Waals surface area contributed by atoms with Crippen molar-refractivity contribution >= 4 is 33.2 Å². The van der Waals surface area contributed by atoms with Crippen LogP contribution in [0, 0.1) is 0 Å². The van der Waals surface area contributed by atoms with E-state index in [1.807, 2.05) is 28.5 Å². The van der Waals surface area contributed by atoms with Crippen LogP contribution in [-0.2, 0) is 11.2 Å². The molecule has 1 aliphatic heterocycles. The van der Waals surface area contributed by atoms with Gasteiger partial charge in [-0.1, -0.05) is 58.4 Å². The van der Waals surface area contributed by atoms with Crippen LogP contribution >= 0.6 is 27.3 Å². The molecule has 0 bridgehead atoms. The molecular formula is C22H21BrN2OS. The number of hydrogen-bond donors (Lipinski definition) is 0. The number of nitrogens with zero attached hydrogens (tertiary/aromatic N) is 2. The first kappa shape index (κ1) is 18.4. The highest BCUT2D eigenvalue weighted by Gasteiger charge is 2.24. The minimum absolute atomic E-state index is 0.188. The third-order valence-corrected chi connectivity index (χ3v) is 6.51. The molecule has 5 heteroatoms. The van der Waals surface area contributed by atoms with Crippen LogP contribution in [0.1, 0.15) is 30.0 Å². The fraction of sp³-hybridized carbons (Fsp3) is 0.273.